The second-order valence-corrected chi connectivity index (χ2v) is 2.98. The van der Waals surface area contributed by atoms with Crippen LogP contribution in [0.5, 0.6) is 11.5 Å². The molecule has 9 nitrogen and oxygen atoms in total. The molecule has 1 aromatic carbocycles. The van der Waals surface area contributed by atoms with Crippen molar-refractivity contribution in [2.24, 2.45) is 0 Å². The van der Waals surface area contributed by atoms with Gasteiger partial charge in [-0.1, -0.05) is 0 Å². The molecule has 0 aliphatic heterocycles. The van der Waals surface area contributed by atoms with E-state index in [-0.39, 0.29) is 5.75 Å². The topological polar surface area (TPSA) is 129 Å². The zero-order valence-corrected chi connectivity index (χ0v) is 9.37. The molecule has 0 amide bonds. The molecule has 1 aromatic rings. The highest BCUT2D eigenvalue weighted by atomic mass is 16.6. The predicted octanol–water partition coefficient (Wildman–Crippen LogP) is 1.39. The summed E-state index contributed by atoms with van der Waals surface area (Å²) in [5, 5.41) is 30.5. The Morgan fingerprint density at radius 2 is 1.83 bits per heavy atom. The van der Waals surface area contributed by atoms with Crippen LogP contribution < -0.4 is 9.47 Å². The van der Waals surface area contributed by atoms with Gasteiger partial charge in [-0.05, 0) is 0 Å². The zero-order valence-electron chi connectivity index (χ0n) is 9.37. The van der Waals surface area contributed by atoms with E-state index in [1.165, 1.54) is 6.07 Å². The molecule has 0 saturated carbocycles. The standard InChI is InChI=1S/C9H7N3O6/c1-17-7-3-6(11(13)14)9(18-2)5(4-10)8(7)12(15)16/h3H,1-2H3. The van der Waals surface area contributed by atoms with E-state index in [4.69, 9.17) is 10.00 Å². The minimum Gasteiger partial charge on any atom is -0.490 e. The van der Waals surface area contributed by atoms with Crippen LogP contribution in [0.4, 0.5) is 11.4 Å². The monoisotopic (exact) mass is 253 g/mol. The first-order chi connectivity index (χ1) is 8.47. The van der Waals surface area contributed by atoms with E-state index in [9.17, 15) is 20.2 Å². The predicted molar refractivity (Wildman–Crippen MR) is 57.6 cm³/mol. The van der Waals surface area contributed by atoms with Crippen LogP contribution in [-0.2, 0) is 0 Å². The zero-order chi connectivity index (χ0) is 13.9. The number of benzene rings is 1. The molecule has 0 bridgehead atoms. The quantitative estimate of drug-likeness (QED) is 0.585. The lowest BCUT2D eigenvalue weighted by Gasteiger charge is -2.07. The van der Waals surface area contributed by atoms with Crippen LogP contribution in [0.25, 0.3) is 0 Å². The minimum absolute atomic E-state index is 0.371. The fourth-order valence-electron chi connectivity index (χ4n) is 1.40. The van der Waals surface area contributed by atoms with Crippen molar-refractivity contribution in [2.45, 2.75) is 0 Å². The van der Waals surface area contributed by atoms with Gasteiger partial charge in [0, 0.05) is 0 Å². The highest BCUT2D eigenvalue weighted by Gasteiger charge is 2.32. The van der Waals surface area contributed by atoms with Crippen molar-refractivity contribution < 1.29 is 19.3 Å². The van der Waals surface area contributed by atoms with E-state index in [1.54, 1.807) is 0 Å². The average molecular weight is 253 g/mol. The van der Waals surface area contributed by atoms with Crippen molar-refractivity contribution in [3.8, 4) is 17.6 Å². The largest absolute Gasteiger partial charge is 0.490 e. The van der Waals surface area contributed by atoms with E-state index in [0.29, 0.717) is 0 Å². The number of nitriles is 1. The normalized spacial score (nSPS) is 9.39. The lowest BCUT2D eigenvalue weighted by molar-refractivity contribution is -0.390. The van der Waals surface area contributed by atoms with Gasteiger partial charge in [-0.3, -0.25) is 20.2 Å². The second-order valence-electron chi connectivity index (χ2n) is 2.98. The summed E-state index contributed by atoms with van der Waals surface area (Å²) in [6, 6.07) is 2.36. The Balaban J connectivity index is 3.81. The number of nitrogens with zero attached hydrogens (tertiary/aromatic N) is 3. The Kier molecular flexibility index (Phi) is 3.63. The van der Waals surface area contributed by atoms with Gasteiger partial charge in [0.15, 0.2) is 5.56 Å². The number of hydrogen-bond donors (Lipinski definition) is 0. The Bertz CT molecular complexity index is 562. The number of methoxy groups -OCH3 is 2. The van der Waals surface area contributed by atoms with E-state index in [2.05, 4.69) is 4.74 Å². The summed E-state index contributed by atoms with van der Waals surface area (Å²) in [5.74, 6) is -0.834. The van der Waals surface area contributed by atoms with Gasteiger partial charge < -0.3 is 9.47 Å². The molecule has 0 radical (unpaired) electrons. The van der Waals surface area contributed by atoms with Gasteiger partial charge in [0.2, 0.25) is 11.5 Å². The van der Waals surface area contributed by atoms with Crippen LogP contribution in [0.3, 0.4) is 0 Å². The van der Waals surface area contributed by atoms with Crippen LogP contribution in [-0.4, -0.2) is 24.1 Å². The van der Waals surface area contributed by atoms with Crippen LogP contribution in [0.15, 0.2) is 6.07 Å². The third kappa shape index (κ3) is 1.99. The van der Waals surface area contributed by atoms with Gasteiger partial charge in [0.1, 0.15) is 6.07 Å². The summed E-state index contributed by atoms with van der Waals surface area (Å²) < 4.78 is 9.38. The molecule has 0 aliphatic carbocycles. The van der Waals surface area contributed by atoms with Crippen LogP contribution in [0.1, 0.15) is 5.56 Å². The Hall–Kier alpha value is -2.89. The number of nitro groups is 2. The van der Waals surface area contributed by atoms with Gasteiger partial charge in [-0.15, -0.1) is 0 Å². The molecule has 0 saturated heterocycles. The van der Waals surface area contributed by atoms with Gasteiger partial charge in [0.05, 0.1) is 30.1 Å². The maximum atomic E-state index is 10.9. The second kappa shape index (κ2) is 4.96. The van der Waals surface area contributed by atoms with Crippen LogP contribution in [0, 0.1) is 31.6 Å². The molecule has 0 N–H and O–H groups in total. The molecule has 0 unspecified atom stereocenters. The molecule has 0 aliphatic rings. The van der Waals surface area contributed by atoms with Crippen molar-refractivity contribution in [3.63, 3.8) is 0 Å². The molecule has 18 heavy (non-hydrogen) atoms. The first-order valence-electron chi connectivity index (χ1n) is 4.45. The third-order valence-electron chi connectivity index (χ3n) is 2.11. The number of rotatable bonds is 4. The van der Waals surface area contributed by atoms with Crippen molar-refractivity contribution in [3.05, 3.63) is 31.9 Å². The smallest absolute Gasteiger partial charge is 0.332 e. The summed E-state index contributed by atoms with van der Waals surface area (Å²) in [7, 11) is 2.19. The van der Waals surface area contributed by atoms with Crippen LogP contribution >= 0.6 is 0 Å². The van der Waals surface area contributed by atoms with E-state index in [1.807, 2.05) is 0 Å². The van der Waals surface area contributed by atoms with E-state index >= 15 is 0 Å². The molecule has 0 spiro atoms. The molecule has 94 valence electrons. The average Bonchev–Trinajstić information content (AvgIpc) is 2.35. The van der Waals surface area contributed by atoms with Crippen LogP contribution in [0.2, 0.25) is 0 Å². The van der Waals surface area contributed by atoms with E-state index in [0.717, 1.165) is 20.3 Å². The van der Waals surface area contributed by atoms with E-state index < -0.39 is 32.5 Å². The van der Waals surface area contributed by atoms with Gasteiger partial charge in [-0.2, -0.15) is 5.26 Å². The van der Waals surface area contributed by atoms with Crippen molar-refractivity contribution in [1.29, 1.82) is 5.26 Å². The SMILES string of the molecule is COc1cc([N+](=O)[O-])c(OC)c(C#N)c1[N+](=O)[O-]. The van der Waals surface area contributed by atoms with Crippen molar-refractivity contribution >= 4 is 11.4 Å². The molecule has 0 heterocycles. The molecule has 9 heteroatoms. The highest BCUT2D eigenvalue weighted by molar-refractivity contribution is 5.71. The molecular formula is C9H7N3O6. The molecule has 1 rings (SSSR count). The first-order valence-corrected chi connectivity index (χ1v) is 4.45. The minimum atomic E-state index is -0.858. The summed E-state index contributed by atoms with van der Waals surface area (Å²) in [5.41, 5.74) is -1.78. The fraction of sp³-hybridized carbons (Fsp3) is 0.222. The molecule has 0 atom stereocenters. The molecule has 0 aromatic heterocycles. The van der Waals surface area contributed by atoms with Crippen molar-refractivity contribution in [2.75, 3.05) is 14.2 Å². The number of ether oxygens (including phenoxy) is 2. The Morgan fingerprint density at radius 1 is 1.22 bits per heavy atom. The fourth-order valence-corrected chi connectivity index (χ4v) is 1.40. The third-order valence-corrected chi connectivity index (χ3v) is 2.11. The maximum Gasteiger partial charge on any atom is 0.332 e. The Morgan fingerprint density at radius 3 is 2.17 bits per heavy atom. The van der Waals surface area contributed by atoms with Gasteiger partial charge >= 0.3 is 11.4 Å². The maximum absolute atomic E-state index is 10.9. The van der Waals surface area contributed by atoms with Crippen molar-refractivity contribution in [1.82, 2.24) is 0 Å². The summed E-state index contributed by atoms with van der Waals surface area (Å²) in [4.78, 5) is 20.0. The summed E-state index contributed by atoms with van der Waals surface area (Å²) in [6.45, 7) is 0. The molecular weight excluding hydrogens is 246 g/mol. The lowest BCUT2D eigenvalue weighted by atomic mass is 10.1. The van der Waals surface area contributed by atoms with Gasteiger partial charge in [-0.25, -0.2) is 0 Å². The number of hydrogen-bond acceptors (Lipinski definition) is 7. The highest BCUT2D eigenvalue weighted by Crippen LogP contribution is 2.43. The summed E-state index contributed by atoms with van der Waals surface area (Å²) >= 11 is 0. The lowest BCUT2D eigenvalue weighted by Crippen LogP contribution is -2.03. The summed E-state index contributed by atoms with van der Waals surface area (Å²) in [6.07, 6.45) is 0. The molecule has 0 fully saturated rings. The first kappa shape index (κ1) is 13.2. The van der Waals surface area contributed by atoms with Gasteiger partial charge in [0.25, 0.3) is 0 Å². The Labute approximate surface area is 100 Å². The number of nitro benzene ring substituents is 2.